The fourth-order valence-corrected chi connectivity index (χ4v) is 5.54. The van der Waals surface area contributed by atoms with Crippen molar-refractivity contribution >= 4 is 29.6 Å². The van der Waals surface area contributed by atoms with Crippen molar-refractivity contribution in [3.8, 4) is 0 Å². The van der Waals surface area contributed by atoms with Crippen molar-refractivity contribution < 1.29 is 22.7 Å². The first-order valence-corrected chi connectivity index (χ1v) is 15.5. The van der Waals surface area contributed by atoms with Crippen molar-refractivity contribution in [2.75, 3.05) is 33.3 Å². The molecule has 2 heterocycles. The van der Waals surface area contributed by atoms with E-state index in [1.165, 1.54) is 43.8 Å². The Balaban J connectivity index is 0.000000584. The second kappa shape index (κ2) is 20.6. The van der Waals surface area contributed by atoms with Crippen LogP contribution in [0.25, 0.3) is 6.08 Å². The molecule has 1 aliphatic heterocycles. The van der Waals surface area contributed by atoms with Gasteiger partial charge in [0.2, 0.25) is 0 Å². The third-order valence-corrected chi connectivity index (χ3v) is 8.08. The highest BCUT2D eigenvalue weighted by Crippen LogP contribution is 2.28. The van der Waals surface area contributed by atoms with Gasteiger partial charge in [-0.15, -0.1) is 24.5 Å². The van der Waals surface area contributed by atoms with E-state index in [-0.39, 0.29) is 5.90 Å². The summed E-state index contributed by atoms with van der Waals surface area (Å²) in [5.74, 6) is 1.01. The summed E-state index contributed by atoms with van der Waals surface area (Å²) in [5, 5.41) is 6.32. The molecule has 6 nitrogen and oxygen atoms in total. The molecule has 10 heteroatoms. The van der Waals surface area contributed by atoms with E-state index in [2.05, 4.69) is 47.3 Å². The Labute approximate surface area is 248 Å². The molecule has 0 radical (unpaired) electrons. The summed E-state index contributed by atoms with van der Waals surface area (Å²) in [6.07, 6.45) is 8.95. The quantitative estimate of drug-likeness (QED) is 0.0980. The van der Waals surface area contributed by atoms with Gasteiger partial charge in [-0.2, -0.15) is 13.2 Å². The van der Waals surface area contributed by atoms with E-state index in [1.807, 2.05) is 12.3 Å². The highest BCUT2D eigenvalue weighted by atomic mass is 32.1. The minimum atomic E-state index is -4.33. The lowest BCUT2D eigenvalue weighted by Crippen LogP contribution is -2.32. The van der Waals surface area contributed by atoms with Gasteiger partial charge >= 0.3 is 6.18 Å². The molecule has 1 N–H and O–H groups in total. The van der Waals surface area contributed by atoms with Crippen LogP contribution in [-0.4, -0.2) is 67.6 Å². The van der Waals surface area contributed by atoms with Crippen molar-refractivity contribution in [1.82, 2.24) is 15.2 Å². The summed E-state index contributed by atoms with van der Waals surface area (Å²) in [6, 6.07) is 0.688. The third kappa shape index (κ3) is 15.5. The lowest BCUT2D eigenvalue weighted by molar-refractivity contribution is -0.156. The molecule has 1 aliphatic carbocycles. The number of aldehydes is 1. The van der Waals surface area contributed by atoms with Crippen molar-refractivity contribution in [2.45, 2.75) is 90.8 Å². The predicted octanol–water partition coefficient (Wildman–Crippen LogP) is 7.77. The molecule has 0 bridgehead atoms. The van der Waals surface area contributed by atoms with Crippen LogP contribution >= 0.6 is 11.3 Å². The van der Waals surface area contributed by atoms with E-state index in [1.54, 1.807) is 24.3 Å². The van der Waals surface area contributed by atoms with Gasteiger partial charge in [0.15, 0.2) is 12.5 Å². The molecule has 1 saturated carbocycles. The van der Waals surface area contributed by atoms with Crippen LogP contribution in [0, 0.1) is 12.8 Å². The lowest BCUT2D eigenvalue weighted by Gasteiger charge is -2.30. The summed E-state index contributed by atoms with van der Waals surface area (Å²) in [4.78, 5) is 21.0. The number of carbonyl (C=O) groups excluding carboxylic acids is 1. The zero-order valence-electron chi connectivity index (χ0n) is 25.3. The number of rotatable bonds is 10. The number of aromatic nitrogens is 1. The van der Waals surface area contributed by atoms with Crippen LogP contribution in [0.4, 0.5) is 13.2 Å². The Bertz CT molecular complexity index is 967. The number of ether oxygens (including phenoxy) is 1. The largest absolute Gasteiger partial charge is 0.471 e. The second-order valence-electron chi connectivity index (χ2n) is 10.1. The normalized spacial score (nSPS) is 20.5. The van der Waals surface area contributed by atoms with Gasteiger partial charge < -0.3 is 15.0 Å². The molecule has 0 spiro atoms. The van der Waals surface area contributed by atoms with Crippen LogP contribution in [-0.2, 0) is 9.53 Å². The number of alkyl halides is 3. The van der Waals surface area contributed by atoms with Gasteiger partial charge in [-0.05, 0) is 89.1 Å². The molecule has 0 amide bonds. The Morgan fingerprint density at radius 2 is 1.90 bits per heavy atom. The number of hydrogen-bond donors (Lipinski definition) is 1. The Morgan fingerprint density at radius 1 is 1.22 bits per heavy atom. The summed E-state index contributed by atoms with van der Waals surface area (Å²) in [7, 11) is 2.05. The van der Waals surface area contributed by atoms with Gasteiger partial charge in [-0.1, -0.05) is 13.8 Å². The molecule has 3 rings (SSSR count). The van der Waals surface area contributed by atoms with E-state index >= 15 is 0 Å². The number of aryl methyl sites for hydroxylation is 1. The van der Waals surface area contributed by atoms with Gasteiger partial charge in [-0.25, -0.2) is 9.98 Å². The molecule has 1 aromatic heterocycles. The molecule has 0 atom stereocenters. The number of aliphatic imine (C=N–C) groups is 1. The molecule has 41 heavy (non-hydrogen) atoms. The average molecular weight is 599 g/mol. The van der Waals surface area contributed by atoms with Crippen LogP contribution in [0.3, 0.4) is 0 Å². The first-order valence-electron chi connectivity index (χ1n) is 14.6. The van der Waals surface area contributed by atoms with E-state index < -0.39 is 12.8 Å². The molecular formula is C31H49F3N4O2S. The van der Waals surface area contributed by atoms with Crippen molar-refractivity contribution in [3.05, 3.63) is 46.6 Å². The number of nitrogens with one attached hydrogen (secondary N) is 1. The maximum absolute atomic E-state index is 12.5. The van der Waals surface area contributed by atoms with Crippen molar-refractivity contribution in [3.63, 3.8) is 0 Å². The van der Waals surface area contributed by atoms with Crippen LogP contribution in [0.2, 0.25) is 0 Å². The zero-order chi connectivity index (χ0) is 30.7. The minimum absolute atomic E-state index is 0.193. The smallest absolute Gasteiger partial charge is 0.422 e. The molecule has 0 unspecified atom stereocenters. The lowest BCUT2D eigenvalue weighted by atomic mass is 9.84. The summed E-state index contributed by atoms with van der Waals surface area (Å²) in [6.45, 7) is 13.6. The monoisotopic (exact) mass is 598 g/mol. The number of hydrogen-bond acceptors (Lipinski definition) is 7. The van der Waals surface area contributed by atoms with E-state index in [4.69, 9.17) is 4.74 Å². The SMILES string of the molecule is C=C.CCC(=NC1=C(CC)CCN(CCC2CCC(NC)CC2)CC1)OCC(F)(F)F.Cc1nc(/C=C/C=O)cs1. The molecule has 2 aliphatic rings. The summed E-state index contributed by atoms with van der Waals surface area (Å²) < 4.78 is 42.3. The molecule has 1 aromatic rings. The van der Waals surface area contributed by atoms with Gasteiger partial charge in [0, 0.05) is 43.1 Å². The maximum Gasteiger partial charge on any atom is 0.422 e. The first kappa shape index (κ1) is 36.7. The summed E-state index contributed by atoms with van der Waals surface area (Å²) in [5.41, 5.74) is 3.04. The number of allylic oxidation sites excluding steroid dienone is 1. The summed E-state index contributed by atoms with van der Waals surface area (Å²) >= 11 is 1.58. The predicted molar refractivity (Wildman–Crippen MR) is 165 cm³/mol. The van der Waals surface area contributed by atoms with Gasteiger partial charge in [-0.3, -0.25) is 4.79 Å². The fourth-order valence-electron chi connectivity index (χ4n) is 4.96. The first-order chi connectivity index (χ1) is 19.7. The zero-order valence-corrected chi connectivity index (χ0v) is 26.1. The van der Waals surface area contributed by atoms with Crippen molar-refractivity contribution in [2.24, 2.45) is 10.9 Å². The molecule has 1 fully saturated rings. The Morgan fingerprint density at radius 3 is 2.44 bits per heavy atom. The number of halogens is 3. The highest BCUT2D eigenvalue weighted by molar-refractivity contribution is 7.09. The topological polar surface area (TPSA) is 66.8 Å². The third-order valence-electron chi connectivity index (χ3n) is 7.28. The maximum atomic E-state index is 12.5. The minimum Gasteiger partial charge on any atom is -0.471 e. The average Bonchev–Trinajstić information content (AvgIpc) is 3.29. The van der Waals surface area contributed by atoms with Crippen molar-refractivity contribution in [1.29, 1.82) is 0 Å². The Kier molecular flexibility index (Phi) is 18.4. The number of thiazole rings is 1. The highest BCUT2D eigenvalue weighted by Gasteiger charge is 2.29. The molecule has 232 valence electrons. The fraction of sp³-hybridized carbons (Fsp3) is 0.645. The van der Waals surface area contributed by atoms with Gasteiger partial charge in [0.25, 0.3) is 0 Å². The second-order valence-corrected chi connectivity index (χ2v) is 11.2. The molecule has 0 aromatic carbocycles. The van der Waals surface area contributed by atoms with E-state index in [9.17, 15) is 18.0 Å². The molecular weight excluding hydrogens is 549 g/mol. The van der Waals surface area contributed by atoms with Crippen LogP contribution in [0.15, 0.2) is 40.9 Å². The Hall–Kier alpha value is -2.30. The van der Waals surface area contributed by atoms with E-state index in [0.717, 1.165) is 67.5 Å². The van der Waals surface area contributed by atoms with E-state index in [0.29, 0.717) is 12.5 Å². The van der Waals surface area contributed by atoms with Crippen LogP contribution < -0.4 is 5.32 Å². The van der Waals surface area contributed by atoms with Crippen LogP contribution in [0.1, 0.15) is 82.3 Å². The number of carbonyl (C=O) groups is 1. The van der Waals surface area contributed by atoms with Gasteiger partial charge in [0.05, 0.1) is 10.7 Å². The van der Waals surface area contributed by atoms with Crippen LogP contribution in [0.5, 0.6) is 0 Å². The van der Waals surface area contributed by atoms with Gasteiger partial charge in [0.1, 0.15) is 6.29 Å². The standard InChI is InChI=1S/C22H38F3N3O.C7H7NOS.C2H4/c1-4-18-11-14-28(13-10-17-6-8-19(26-3)9-7-17)15-12-20(18)27-21(5-2)29-16-22(23,24)25;1-6-8-7(5-10-6)3-2-4-9;1-2/h17,19,26H,4-16H2,1-3H3;2-5H,1H3;1-2H2/b;3-2+;. The molecule has 0 saturated heterocycles. The number of nitrogens with zero attached hydrogens (tertiary/aromatic N) is 3.